The molecule has 0 unspecified atom stereocenters. The summed E-state index contributed by atoms with van der Waals surface area (Å²) in [6.07, 6.45) is 0. The van der Waals surface area contributed by atoms with Crippen LogP contribution in [-0.4, -0.2) is 0 Å². The van der Waals surface area contributed by atoms with E-state index in [0.717, 1.165) is 39.3 Å². The van der Waals surface area contributed by atoms with Gasteiger partial charge in [-0.15, -0.1) is 0 Å². The lowest BCUT2D eigenvalue weighted by molar-refractivity contribution is 1.16. The van der Waals surface area contributed by atoms with Gasteiger partial charge < -0.3 is 4.90 Å². The van der Waals surface area contributed by atoms with Crippen LogP contribution in [0.4, 0.5) is 17.1 Å². The van der Waals surface area contributed by atoms with E-state index in [0.29, 0.717) is 11.1 Å². The van der Waals surface area contributed by atoms with E-state index in [2.05, 4.69) is 109 Å². The molecular formula is C37H22N4S. The first-order valence-corrected chi connectivity index (χ1v) is 14.1. The SMILES string of the molecule is Cc1cccc(N2c3ccccc3Sc3ccccc32)c1C#Cc1cccc(C)c1-c1c(C#N)cc(C#N)cc1C#N. The normalized spacial score (nSPS) is 11.2. The number of rotatable bonds is 2. The minimum absolute atomic E-state index is 0.276. The first-order valence-electron chi connectivity index (χ1n) is 13.3. The molecule has 42 heavy (non-hydrogen) atoms. The number of hydrogen-bond donors (Lipinski definition) is 0. The van der Waals surface area contributed by atoms with Crippen LogP contribution in [0.2, 0.25) is 0 Å². The summed E-state index contributed by atoms with van der Waals surface area (Å²) in [5.41, 5.74) is 8.75. The highest BCUT2D eigenvalue weighted by Crippen LogP contribution is 2.51. The smallest absolute Gasteiger partial charge is 0.0999 e. The van der Waals surface area contributed by atoms with Gasteiger partial charge in [-0.2, -0.15) is 15.8 Å². The van der Waals surface area contributed by atoms with E-state index in [1.165, 1.54) is 21.9 Å². The van der Waals surface area contributed by atoms with Gasteiger partial charge in [0.1, 0.15) is 0 Å². The predicted octanol–water partition coefficient (Wildman–Crippen LogP) is 8.92. The van der Waals surface area contributed by atoms with Crippen LogP contribution in [0.3, 0.4) is 0 Å². The molecular weight excluding hydrogens is 533 g/mol. The molecule has 0 aromatic heterocycles. The Morgan fingerprint density at radius 2 is 1.12 bits per heavy atom. The molecule has 0 N–H and O–H groups in total. The highest BCUT2D eigenvalue weighted by molar-refractivity contribution is 7.99. The topological polar surface area (TPSA) is 74.6 Å². The van der Waals surface area contributed by atoms with Crippen molar-refractivity contribution in [1.29, 1.82) is 15.8 Å². The monoisotopic (exact) mass is 554 g/mol. The van der Waals surface area contributed by atoms with Crippen molar-refractivity contribution in [2.45, 2.75) is 23.6 Å². The maximum Gasteiger partial charge on any atom is 0.0999 e. The fourth-order valence-corrected chi connectivity index (χ4v) is 6.41. The van der Waals surface area contributed by atoms with Gasteiger partial charge in [0.2, 0.25) is 0 Å². The van der Waals surface area contributed by atoms with Gasteiger partial charge in [-0.3, -0.25) is 0 Å². The van der Waals surface area contributed by atoms with Gasteiger partial charge in [0.25, 0.3) is 0 Å². The van der Waals surface area contributed by atoms with Crippen LogP contribution < -0.4 is 4.90 Å². The molecule has 4 nitrogen and oxygen atoms in total. The number of benzene rings is 5. The lowest BCUT2D eigenvalue weighted by Crippen LogP contribution is -2.16. The van der Waals surface area contributed by atoms with Crippen LogP contribution in [0.5, 0.6) is 0 Å². The quantitative estimate of drug-likeness (QED) is 0.200. The maximum atomic E-state index is 9.97. The van der Waals surface area contributed by atoms with Crippen LogP contribution in [0.15, 0.2) is 107 Å². The van der Waals surface area contributed by atoms with Crippen molar-refractivity contribution < 1.29 is 0 Å². The molecule has 5 heteroatoms. The lowest BCUT2D eigenvalue weighted by Gasteiger charge is -2.33. The average molecular weight is 555 g/mol. The van der Waals surface area contributed by atoms with E-state index in [9.17, 15) is 15.8 Å². The van der Waals surface area contributed by atoms with Gasteiger partial charge in [-0.25, -0.2) is 0 Å². The fourth-order valence-electron chi connectivity index (χ4n) is 5.35. The summed E-state index contributed by atoms with van der Waals surface area (Å²) in [6.45, 7) is 4.00. The Hall–Kier alpha value is -5.72. The molecule has 196 valence electrons. The predicted molar refractivity (Wildman–Crippen MR) is 167 cm³/mol. The van der Waals surface area contributed by atoms with Gasteiger partial charge in [0.05, 0.1) is 57.5 Å². The summed E-state index contributed by atoms with van der Waals surface area (Å²) in [5, 5.41) is 29.4. The van der Waals surface area contributed by atoms with Crippen molar-refractivity contribution in [3.63, 3.8) is 0 Å². The van der Waals surface area contributed by atoms with Crippen LogP contribution in [0.1, 0.15) is 38.9 Å². The zero-order chi connectivity index (χ0) is 29.2. The summed E-state index contributed by atoms with van der Waals surface area (Å²) in [7, 11) is 0. The fraction of sp³-hybridized carbons (Fsp3) is 0.0541. The molecule has 5 aromatic rings. The van der Waals surface area contributed by atoms with Crippen LogP contribution >= 0.6 is 11.8 Å². The summed E-state index contributed by atoms with van der Waals surface area (Å²) in [4.78, 5) is 4.62. The van der Waals surface area contributed by atoms with Gasteiger partial charge >= 0.3 is 0 Å². The molecule has 0 saturated carbocycles. The molecule has 0 spiro atoms. The summed E-state index contributed by atoms with van der Waals surface area (Å²) in [6, 6.07) is 38.3. The molecule has 0 aliphatic carbocycles. The van der Waals surface area contributed by atoms with Gasteiger partial charge in [-0.05, 0) is 73.5 Å². The third-order valence-corrected chi connectivity index (χ3v) is 8.41. The van der Waals surface area contributed by atoms with Crippen molar-refractivity contribution in [2.75, 3.05) is 4.90 Å². The average Bonchev–Trinajstić information content (AvgIpc) is 3.02. The Morgan fingerprint density at radius 3 is 1.74 bits per heavy atom. The van der Waals surface area contributed by atoms with Gasteiger partial charge in [0, 0.05) is 26.5 Å². The summed E-state index contributed by atoms with van der Waals surface area (Å²) >= 11 is 1.76. The minimum Gasteiger partial charge on any atom is -0.307 e. The first kappa shape index (κ1) is 26.5. The zero-order valence-electron chi connectivity index (χ0n) is 22.9. The number of para-hydroxylation sites is 2. The van der Waals surface area contributed by atoms with E-state index in [4.69, 9.17) is 0 Å². The summed E-state index contributed by atoms with van der Waals surface area (Å²) < 4.78 is 0. The molecule has 6 rings (SSSR count). The van der Waals surface area contributed by atoms with E-state index in [1.807, 2.05) is 25.1 Å². The molecule has 1 aliphatic rings. The van der Waals surface area contributed by atoms with Gasteiger partial charge in [0.15, 0.2) is 0 Å². The third-order valence-electron chi connectivity index (χ3n) is 7.28. The number of anilines is 3. The third kappa shape index (κ3) is 4.56. The number of nitrogens with zero attached hydrogens (tertiary/aromatic N) is 4. The Bertz CT molecular complexity index is 2010. The van der Waals surface area contributed by atoms with E-state index < -0.39 is 0 Å². The standard InChI is InChI=1S/C37H22N4S/c1-24-9-8-14-31(41-32-12-3-5-15-34(32)42-35-16-6-4-13-33(35)41)30(24)18-17-27-11-7-10-25(2)36(27)37-28(22-39)19-26(21-38)20-29(37)23-40/h3-16,19-20H,1-2H3. The van der Waals surface area contributed by atoms with Crippen LogP contribution in [0.25, 0.3) is 11.1 Å². The van der Waals surface area contributed by atoms with E-state index in [-0.39, 0.29) is 16.7 Å². The highest BCUT2D eigenvalue weighted by Gasteiger charge is 2.26. The Morgan fingerprint density at radius 1 is 0.548 bits per heavy atom. The molecule has 0 bridgehead atoms. The van der Waals surface area contributed by atoms with Crippen molar-refractivity contribution in [3.8, 4) is 41.2 Å². The second kappa shape index (κ2) is 11.0. The highest BCUT2D eigenvalue weighted by atomic mass is 32.2. The van der Waals surface area contributed by atoms with Crippen LogP contribution in [-0.2, 0) is 0 Å². The van der Waals surface area contributed by atoms with E-state index >= 15 is 0 Å². The second-order valence-corrected chi connectivity index (χ2v) is 11.0. The summed E-state index contributed by atoms with van der Waals surface area (Å²) in [5.74, 6) is 6.88. The maximum absolute atomic E-state index is 9.97. The van der Waals surface area contributed by atoms with Crippen molar-refractivity contribution in [1.82, 2.24) is 0 Å². The number of nitriles is 3. The zero-order valence-corrected chi connectivity index (χ0v) is 23.8. The molecule has 0 radical (unpaired) electrons. The van der Waals surface area contributed by atoms with Gasteiger partial charge in [-0.1, -0.05) is 72.1 Å². The Labute approximate surface area is 249 Å². The lowest BCUT2D eigenvalue weighted by atomic mass is 9.87. The molecule has 1 heterocycles. The molecule has 0 fully saturated rings. The van der Waals surface area contributed by atoms with Crippen molar-refractivity contribution in [3.05, 3.63) is 136 Å². The second-order valence-electron chi connectivity index (χ2n) is 9.87. The molecule has 0 atom stereocenters. The van der Waals surface area contributed by atoms with Crippen molar-refractivity contribution >= 4 is 28.8 Å². The largest absolute Gasteiger partial charge is 0.307 e. The van der Waals surface area contributed by atoms with Crippen LogP contribution in [0, 0.1) is 59.7 Å². The molecule has 5 aromatic carbocycles. The first-order chi connectivity index (χ1) is 20.5. The minimum atomic E-state index is 0.276. The Kier molecular flexibility index (Phi) is 6.97. The Balaban J connectivity index is 1.57. The molecule has 0 saturated heterocycles. The number of fused-ring (bicyclic) bond motifs is 2. The number of aryl methyl sites for hydroxylation is 2. The van der Waals surface area contributed by atoms with Crippen molar-refractivity contribution in [2.24, 2.45) is 0 Å². The molecule has 1 aliphatic heterocycles. The number of hydrogen-bond acceptors (Lipinski definition) is 5. The molecule has 0 amide bonds. The van der Waals surface area contributed by atoms with E-state index in [1.54, 1.807) is 11.8 Å².